The minimum atomic E-state index is 0.590. The number of nitrogen functional groups attached to an aromatic ring is 1. The average Bonchev–Trinajstić information content (AvgIpc) is 2.09. The largest absolute Gasteiger partial charge is 0.382 e. The number of hydrogen-bond acceptors (Lipinski definition) is 3. The predicted octanol–water partition coefficient (Wildman–Crippen LogP) is 0.352. The van der Waals surface area contributed by atoms with E-state index in [1.807, 2.05) is 21.0 Å². The summed E-state index contributed by atoms with van der Waals surface area (Å²) in [5.74, 6) is 1.56. The second-order valence-electron chi connectivity index (χ2n) is 2.23. The number of aryl methyl sites for hydroxylation is 1. The number of rotatable bonds is 1. The van der Waals surface area contributed by atoms with Crippen LogP contribution in [-0.2, 0) is 7.05 Å². The lowest BCUT2D eigenvalue weighted by Gasteiger charge is -1.99. The van der Waals surface area contributed by atoms with E-state index < -0.39 is 0 Å². The van der Waals surface area contributed by atoms with Gasteiger partial charge in [0.15, 0.2) is 5.82 Å². The van der Waals surface area contributed by atoms with Crippen LogP contribution in [0.25, 0.3) is 0 Å². The monoisotopic (exact) mass is 140 g/mol. The average molecular weight is 140 g/mol. The molecule has 0 saturated carbocycles. The second-order valence-corrected chi connectivity index (χ2v) is 2.23. The van der Waals surface area contributed by atoms with Gasteiger partial charge in [0.1, 0.15) is 5.82 Å². The standard InChI is InChI=1S/C6H12N4/c1-4-5(7)9-10(3)6(4)8-2/h8H,1-3H3,(H2,7,9). The first-order valence-corrected chi connectivity index (χ1v) is 3.13. The van der Waals surface area contributed by atoms with Gasteiger partial charge in [0.2, 0.25) is 0 Å². The van der Waals surface area contributed by atoms with Crippen LogP contribution >= 0.6 is 0 Å². The Morgan fingerprint density at radius 3 is 2.40 bits per heavy atom. The van der Waals surface area contributed by atoms with Crippen molar-refractivity contribution in [3.8, 4) is 0 Å². The molecule has 0 atom stereocenters. The fourth-order valence-electron chi connectivity index (χ4n) is 1.000. The van der Waals surface area contributed by atoms with Crippen molar-refractivity contribution in [1.82, 2.24) is 9.78 Å². The molecule has 4 nitrogen and oxygen atoms in total. The van der Waals surface area contributed by atoms with E-state index in [1.54, 1.807) is 4.68 Å². The summed E-state index contributed by atoms with van der Waals surface area (Å²) in [4.78, 5) is 0. The highest BCUT2D eigenvalue weighted by molar-refractivity contribution is 5.55. The normalized spacial score (nSPS) is 9.90. The minimum absolute atomic E-state index is 0.590. The first-order chi connectivity index (χ1) is 4.66. The van der Waals surface area contributed by atoms with Crippen molar-refractivity contribution in [2.75, 3.05) is 18.1 Å². The molecule has 0 radical (unpaired) electrons. The summed E-state index contributed by atoms with van der Waals surface area (Å²) in [6.45, 7) is 1.94. The highest BCUT2D eigenvalue weighted by Crippen LogP contribution is 2.17. The maximum atomic E-state index is 5.55. The van der Waals surface area contributed by atoms with Crippen LogP contribution in [-0.4, -0.2) is 16.8 Å². The van der Waals surface area contributed by atoms with Crippen LogP contribution in [0.5, 0.6) is 0 Å². The number of nitrogens with zero attached hydrogens (tertiary/aromatic N) is 2. The van der Waals surface area contributed by atoms with Crippen LogP contribution in [0.4, 0.5) is 11.6 Å². The van der Waals surface area contributed by atoms with E-state index in [1.165, 1.54) is 0 Å². The molecule has 0 spiro atoms. The molecule has 3 N–H and O–H groups in total. The van der Waals surface area contributed by atoms with Crippen molar-refractivity contribution in [3.05, 3.63) is 5.56 Å². The molecule has 0 aliphatic carbocycles. The summed E-state index contributed by atoms with van der Waals surface area (Å²) in [5, 5.41) is 7.02. The van der Waals surface area contributed by atoms with Crippen molar-refractivity contribution in [2.24, 2.45) is 7.05 Å². The van der Waals surface area contributed by atoms with E-state index in [4.69, 9.17) is 5.73 Å². The van der Waals surface area contributed by atoms with E-state index in [2.05, 4.69) is 10.4 Å². The van der Waals surface area contributed by atoms with Crippen LogP contribution < -0.4 is 11.1 Å². The zero-order valence-electron chi connectivity index (χ0n) is 6.47. The van der Waals surface area contributed by atoms with Crippen molar-refractivity contribution in [3.63, 3.8) is 0 Å². The van der Waals surface area contributed by atoms with Crippen molar-refractivity contribution in [1.29, 1.82) is 0 Å². The fourth-order valence-corrected chi connectivity index (χ4v) is 1.000. The van der Waals surface area contributed by atoms with E-state index in [-0.39, 0.29) is 0 Å². The van der Waals surface area contributed by atoms with Crippen LogP contribution in [0.15, 0.2) is 0 Å². The molecular formula is C6H12N4. The molecule has 0 aliphatic rings. The van der Waals surface area contributed by atoms with Gasteiger partial charge < -0.3 is 11.1 Å². The van der Waals surface area contributed by atoms with Gasteiger partial charge in [-0.25, -0.2) is 0 Å². The van der Waals surface area contributed by atoms with Crippen LogP contribution in [0.3, 0.4) is 0 Å². The van der Waals surface area contributed by atoms with Crippen LogP contribution in [0.2, 0.25) is 0 Å². The van der Waals surface area contributed by atoms with Crippen molar-refractivity contribution < 1.29 is 0 Å². The first-order valence-electron chi connectivity index (χ1n) is 3.13. The van der Waals surface area contributed by atoms with Crippen LogP contribution in [0.1, 0.15) is 5.56 Å². The molecule has 0 saturated heterocycles. The Bertz CT molecular complexity index is 238. The number of anilines is 2. The first kappa shape index (κ1) is 6.92. The molecule has 0 aromatic carbocycles. The van der Waals surface area contributed by atoms with E-state index >= 15 is 0 Å². The molecule has 1 rings (SSSR count). The summed E-state index contributed by atoms with van der Waals surface area (Å²) >= 11 is 0. The molecule has 0 bridgehead atoms. The third kappa shape index (κ3) is 0.814. The SMILES string of the molecule is CNc1c(C)c(N)nn1C. The van der Waals surface area contributed by atoms with Gasteiger partial charge in [-0.05, 0) is 6.92 Å². The lowest BCUT2D eigenvalue weighted by molar-refractivity contribution is 0.779. The molecule has 1 aromatic heterocycles. The minimum Gasteiger partial charge on any atom is -0.382 e. The Hall–Kier alpha value is -1.19. The maximum Gasteiger partial charge on any atom is 0.150 e. The van der Waals surface area contributed by atoms with Gasteiger partial charge in [-0.15, -0.1) is 0 Å². The van der Waals surface area contributed by atoms with Gasteiger partial charge in [-0.1, -0.05) is 0 Å². The van der Waals surface area contributed by atoms with Gasteiger partial charge in [-0.3, -0.25) is 4.68 Å². The van der Waals surface area contributed by atoms with Gasteiger partial charge in [0, 0.05) is 19.7 Å². The molecule has 0 fully saturated rings. The molecular weight excluding hydrogens is 128 g/mol. The van der Waals surface area contributed by atoms with Crippen molar-refractivity contribution >= 4 is 11.6 Å². The van der Waals surface area contributed by atoms with Gasteiger partial charge in [-0.2, -0.15) is 5.10 Å². The Labute approximate surface area is 60.0 Å². The smallest absolute Gasteiger partial charge is 0.150 e. The summed E-state index contributed by atoms with van der Waals surface area (Å²) in [7, 11) is 3.71. The van der Waals surface area contributed by atoms with E-state index in [9.17, 15) is 0 Å². The molecule has 0 unspecified atom stereocenters. The second kappa shape index (κ2) is 2.21. The number of hydrogen-bond donors (Lipinski definition) is 2. The summed E-state index contributed by atoms with van der Waals surface area (Å²) < 4.78 is 1.73. The molecule has 10 heavy (non-hydrogen) atoms. The number of nitrogens with two attached hydrogens (primary N) is 1. The van der Waals surface area contributed by atoms with Crippen LogP contribution in [0, 0.1) is 6.92 Å². The van der Waals surface area contributed by atoms with E-state index in [0.29, 0.717) is 5.82 Å². The summed E-state index contributed by atoms with van der Waals surface area (Å²) in [5.41, 5.74) is 6.55. The molecule has 0 amide bonds. The van der Waals surface area contributed by atoms with Crippen molar-refractivity contribution in [2.45, 2.75) is 6.92 Å². The van der Waals surface area contributed by atoms with Gasteiger partial charge in [0.25, 0.3) is 0 Å². The van der Waals surface area contributed by atoms with Gasteiger partial charge >= 0.3 is 0 Å². The molecule has 1 aromatic rings. The lowest BCUT2D eigenvalue weighted by atomic mass is 10.3. The maximum absolute atomic E-state index is 5.55. The highest BCUT2D eigenvalue weighted by atomic mass is 15.3. The Kier molecular flexibility index (Phi) is 1.53. The quantitative estimate of drug-likeness (QED) is 0.592. The highest BCUT2D eigenvalue weighted by Gasteiger charge is 2.05. The Balaban J connectivity index is 3.20. The fraction of sp³-hybridized carbons (Fsp3) is 0.500. The summed E-state index contributed by atoms with van der Waals surface area (Å²) in [6, 6.07) is 0. The predicted molar refractivity (Wildman–Crippen MR) is 41.9 cm³/mol. The summed E-state index contributed by atoms with van der Waals surface area (Å²) in [6.07, 6.45) is 0. The number of aromatic nitrogens is 2. The van der Waals surface area contributed by atoms with E-state index in [0.717, 1.165) is 11.4 Å². The van der Waals surface area contributed by atoms with Gasteiger partial charge in [0.05, 0.1) is 0 Å². The zero-order chi connectivity index (χ0) is 7.72. The Morgan fingerprint density at radius 2 is 2.20 bits per heavy atom. The zero-order valence-corrected chi connectivity index (χ0v) is 6.47. The number of nitrogens with one attached hydrogen (secondary N) is 1. The molecule has 56 valence electrons. The lowest BCUT2D eigenvalue weighted by Crippen LogP contribution is -1.98. The Morgan fingerprint density at radius 1 is 1.60 bits per heavy atom. The third-order valence-corrected chi connectivity index (χ3v) is 1.56. The molecule has 0 aliphatic heterocycles. The topological polar surface area (TPSA) is 55.9 Å². The molecule has 4 heteroatoms. The molecule has 1 heterocycles. The third-order valence-electron chi connectivity index (χ3n) is 1.56.